The Morgan fingerprint density at radius 3 is 3.00 bits per heavy atom. The zero-order valence-corrected chi connectivity index (χ0v) is 10.9. The minimum Gasteiger partial charge on any atom is -0.394 e. The van der Waals surface area contributed by atoms with Crippen molar-refractivity contribution >= 4 is 27.5 Å². The lowest BCUT2D eigenvalue weighted by molar-refractivity contribution is 0.260. The maximum atomic E-state index is 8.89. The van der Waals surface area contributed by atoms with E-state index in [1.165, 1.54) is 0 Å². The molecule has 5 nitrogen and oxygen atoms in total. The highest BCUT2D eigenvalue weighted by Crippen LogP contribution is 2.32. The highest BCUT2D eigenvalue weighted by molar-refractivity contribution is 9.10. The normalized spacial score (nSPS) is 12.7. The molecule has 0 fully saturated rings. The summed E-state index contributed by atoms with van der Waals surface area (Å²) in [5.74, 6) is 0.522. The van der Waals surface area contributed by atoms with E-state index in [9.17, 15) is 0 Å². The van der Waals surface area contributed by atoms with Gasteiger partial charge in [-0.05, 0) is 28.1 Å². The summed E-state index contributed by atoms with van der Waals surface area (Å²) in [6.45, 7) is -0.245. The van der Waals surface area contributed by atoms with Crippen LogP contribution in [0.5, 0.6) is 0 Å². The highest BCUT2D eigenvalue weighted by Gasteiger charge is 2.17. The molecule has 1 aromatic carbocycles. The van der Waals surface area contributed by atoms with Crippen molar-refractivity contribution in [1.82, 2.24) is 10.1 Å². The third-order valence-electron chi connectivity index (χ3n) is 2.15. The molecular formula is C10H9BrClN3O2. The number of rotatable bonds is 3. The molecule has 0 aliphatic rings. The molecule has 7 heteroatoms. The van der Waals surface area contributed by atoms with Crippen molar-refractivity contribution in [2.45, 2.75) is 6.04 Å². The molecule has 0 bridgehead atoms. The number of hydrogen-bond donors (Lipinski definition) is 2. The lowest BCUT2D eigenvalue weighted by Gasteiger charge is -2.00. The summed E-state index contributed by atoms with van der Waals surface area (Å²) in [6.07, 6.45) is 0. The molecule has 2 aromatic rings. The van der Waals surface area contributed by atoms with Crippen molar-refractivity contribution in [3.63, 3.8) is 0 Å². The van der Waals surface area contributed by atoms with Gasteiger partial charge in [0.1, 0.15) is 0 Å². The number of nitrogens with zero attached hydrogens (tertiary/aromatic N) is 2. The second kappa shape index (κ2) is 5.14. The number of aromatic nitrogens is 2. The quantitative estimate of drug-likeness (QED) is 0.905. The number of hydrogen-bond acceptors (Lipinski definition) is 5. The molecule has 0 aliphatic heterocycles. The lowest BCUT2D eigenvalue weighted by Crippen LogP contribution is -2.15. The minimum absolute atomic E-state index is 0.245. The van der Waals surface area contributed by atoms with E-state index in [1.54, 1.807) is 12.1 Å². The van der Waals surface area contributed by atoms with Gasteiger partial charge in [0.2, 0.25) is 0 Å². The molecule has 0 amide bonds. The molecule has 0 radical (unpaired) electrons. The fraction of sp³-hybridized carbons (Fsp3) is 0.200. The van der Waals surface area contributed by atoms with Crippen molar-refractivity contribution in [3.8, 4) is 11.5 Å². The summed E-state index contributed by atoms with van der Waals surface area (Å²) in [5, 5.41) is 13.1. The van der Waals surface area contributed by atoms with Crippen LogP contribution in [0.15, 0.2) is 27.2 Å². The van der Waals surface area contributed by atoms with E-state index in [0.29, 0.717) is 10.6 Å². The predicted molar refractivity (Wildman–Crippen MR) is 66.5 cm³/mol. The predicted octanol–water partition coefficient (Wildman–Crippen LogP) is 2.14. The summed E-state index contributed by atoms with van der Waals surface area (Å²) in [4.78, 5) is 4.09. The first-order valence-corrected chi connectivity index (χ1v) is 5.95. The molecule has 1 unspecified atom stereocenters. The first-order chi connectivity index (χ1) is 8.13. The van der Waals surface area contributed by atoms with Crippen LogP contribution in [0.4, 0.5) is 0 Å². The Balaban J connectivity index is 2.40. The van der Waals surface area contributed by atoms with E-state index >= 15 is 0 Å². The van der Waals surface area contributed by atoms with Crippen molar-refractivity contribution in [2.75, 3.05) is 6.61 Å². The molecule has 1 heterocycles. The van der Waals surface area contributed by atoms with Crippen molar-refractivity contribution < 1.29 is 9.63 Å². The van der Waals surface area contributed by atoms with Crippen LogP contribution in [-0.2, 0) is 0 Å². The van der Waals surface area contributed by atoms with Crippen molar-refractivity contribution in [2.24, 2.45) is 5.73 Å². The van der Waals surface area contributed by atoms with Gasteiger partial charge in [0.25, 0.3) is 5.89 Å². The van der Waals surface area contributed by atoms with Crippen molar-refractivity contribution in [3.05, 3.63) is 33.5 Å². The summed E-state index contributed by atoms with van der Waals surface area (Å²) in [5.41, 5.74) is 6.19. The van der Waals surface area contributed by atoms with Crippen LogP contribution >= 0.6 is 27.5 Å². The molecule has 1 atom stereocenters. The maximum absolute atomic E-state index is 8.89. The lowest BCUT2D eigenvalue weighted by atomic mass is 10.2. The first-order valence-electron chi connectivity index (χ1n) is 4.78. The Morgan fingerprint density at radius 2 is 2.29 bits per heavy atom. The van der Waals surface area contributed by atoms with Gasteiger partial charge in [0.05, 0.1) is 23.2 Å². The van der Waals surface area contributed by atoms with Gasteiger partial charge in [-0.1, -0.05) is 22.8 Å². The highest BCUT2D eigenvalue weighted by atomic mass is 79.9. The van der Waals surface area contributed by atoms with E-state index < -0.39 is 6.04 Å². The Labute approximate surface area is 111 Å². The molecule has 0 aliphatic carbocycles. The third kappa shape index (κ3) is 2.50. The van der Waals surface area contributed by atoms with Crippen LogP contribution in [0, 0.1) is 0 Å². The molecular weight excluding hydrogens is 309 g/mol. The molecule has 1 aromatic heterocycles. The van der Waals surface area contributed by atoms with Gasteiger partial charge in [-0.15, -0.1) is 0 Å². The summed E-state index contributed by atoms with van der Waals surface area (Å²) >= 11 is 9.40. The van der Waals surface area contributed by atoms with Crippen LogP contribution in [0.25, 0.3) is 11.5 Å². The molecule has 0 saturated carbocycles. The monoisotopic (exact) mass is 317 g/mol. The number of nitrogens with two attached hydrogens (primary N) is 1. The number of aliphatic hydroxyl groups is 1. The van der Waals surface area contributed by atoms with Crippen molar-refractivity contribution in [1.29, 1.82) is 0 Å². The van der Waals surface area contributed by atoms with Gasteiger partial charge >= 0.3 is 0 Å². The minimum atomic E-state index is -0.654. The summed E-state index contributed by atoms with van der Waals surface area (Å²) in [7, 11) is 0. The molecule has 17 heavy (non-hydrogen) atoms. The Hall–Kier alpha value is -0.950. The van der Waals surface area contributed by atoms with Crippen LogP contribution in [-0.4, -0.2) is 21.9 Å². The second-order valence-electron chi connectivity index (χ2n) is 3.35. The fourth-order valence-electron chi connectivity index (χ4n) is 1.25. The second-order valence-corrected chi connectivity index (χ2v) is 4.58. The Kier molecular flexibility index (Phi) is 3.78. The van der Waals surface area contributed by atoms with Gasteiger partial charge in [0.15, 0.2) is 5.82 Å². The van der Waals surface area contributed by atoms with Gasteiger partial charge in [-0.2, -0.15) is 4.98 Å². The average Bonchev–Trinajstić information content (AvgIpc) is 2.81. The third-order valence-corrected chi connectivity index (χ3v) is 3.45. The molecule has 90 valence electrons. The van der Waals surface area contributed by atoms with Gasteiger partial charge < -0.3 is 15.4 Å². The zero-order chi connectivity index (χ0) is 12.4. The standard InChI is InChI=1S/C10H9BrClN3O2/c11-6-3-1-2-5(8(6)12)10-14-9(15-17-10)7(13)4-16/h1-3,7,16H,4,13H2. The largest absolute Gasteiger partial charge is 0.394 e. The summed E-state index contributed by atoms with van der Waals surface area (Å²) < 4.78 is 5.79. The number of halogens is 2. The van der Waals surface area contributed by atoms with E-state index in [0.717, 1.165) is 4.47 Å². The van der Waals surface area contributed by atoms with Crippen LogP contribution in [0.2, 0.25) is 5.02 Å². The fourth-order valence-corrected chi connectivity index (χ4v) is 1.82. The molecule has 0 spiro atoms. The number of benzene rings is 1. The first kappa shape index (κ1) is 12.5. The van der Waals surface area contributed by atoms with Crippen LogP contribution < -0.4 is 5.73 Å². The van der Waals surface area contributed by atoms with Gasteiger partial charge in [-0.25, -0.2) is 0 Å². The van der Waals surface area contributed by atoms with Crippen LogP contribution in [0.1, 0.15) is 11.9 Å². The molecule has 3 N–H and O–H groups in total. The topological polar surface area (TPSA) is 85.2 Å². The van der Waals surface area contributed by atoms with Gasteiger partial charge in [0, 0.05) is 4.47 Å². The Morgan fingerprint density at radius 1 is 1.53 bits per heavy atom. The molecule has 0 saturated heterocycles. The zero-order valence-electron chi connectivity index (χ0n) is 8.60. The average molecular weight is 319 g/mol. The van der Waals surface area contributed by atoms with Gasteiger partial charge in [-0.3, -0.25) is 0 Å². The van der Waals surface area contributed by atoms with E-state index in [1.807, 2.05) is 6.07 Å². The smallest absolute Gasteiger partial charge is 0.259 e. The van der Waals surface area contributed by atoms with E-state index in [4.69, 9.17) is 27.0 Å². The summed E-state index contributed by atoms with van der Waals surface area (Å²) in [6, 6.07) is 4.72. The molecule has 2 rings (SSSR count). The number of aliphatic hydroxyl groups excluding tert-OH is 1. The van der Waals surface area contributed by atoms with Crippen LogP contribution in [0.3, 0.4) is 0 Å². The maximum Gasteiger partial charge on any atom is 0.259 e. The van der Waals surface area contributed by atoms with E-state index in [2.05, 4.69) is 26.1 Å². The Bertz CT molecular complexity index is 532. The van der Waals surface area contributed by atoms with E-state index in [-0.39, 0.29) is 18.3 Å². The SMILES string of the molecule is NC(CO)c1noc(-c2cccc(Br)c2Cl)n1.